The van der Waals surface area contributed by atoms with Crippen LogP contribution in [0.3, 0.4) is 0 Å². The lowest BCUT2D eigenvalue weighted by molar-refractivity contribution is 0.0692. The number of nitrogens with zero attached hydrogens (tertiary/aromatic N) is 1. The average Bonchev–Trinajstić information content (AvgIpc) is 3.03. The van der Waals surface area contributed by atoms with Gasteiger partial charge in [0.15, 0.2) is 5.69 Å². The first-order valence-electron chi connectivity index (χ1n) is 6.00. The molecule has 20 heavy (non-hydrogen) atoms. The van der Waals surface area contributed by atoms with Gasteiger partial charge in [0.25, 0.3) is 0 Å². The molecule has 2 heterocycles. The van der Waals surface area contributed by atoms with Crippen molar-refractivity contribution in [1.82, 2.24) is 4.98 Å². The van der Waals surface area contributed by atoms with E-state index in [1.807, 2.05) is 6.07 Å². The predicted molar refractivity (Wildman–Crippen MR) is 79.7 cm³/mol. The Kier molecular flexibility index (Phi) is 3.62. The van der Waals surface area contributed by atoms with Crippen LogP contribution in [0.15, 0.2) is 22.1 Å². The molecular formula is C13H11BrN2O3S. The van der Waals surface area contributed by atoms with E-state index in [0.29, 0.717) is 18.2 Å². The molecule has 1 aromatic carbocycles. The van der Waals surface area contributed by atoms with Gasteiger partial charge in [-0.05, 0) is 17.7 Å². The number of fused-ring (bicyclic) bond motifs is 1. The zero-order valence-electron chi connectivity index (χ0n) is 10.4. The number of anilines is 1. The lowest BCUT2D eigenvalue weighted by Crippen LogP contribution is -2.05. The zero-order valence-corrected chi connectivity index (χ0v) is 12.8. The number of nitrogens with one attached hydrogen (secondary N) is 1. The molecule has 5 nitrogen and oxygen atoms in total. The van der Waals surface area contributed by atoms with Gasteiger partial charge < -0.3 is 15.2 Å². The summed E-state index contributed by atoms with van der Waals surface area (Å²) in [5.74, 6) is -0.119. The highest BCUT2D eigenvalue weighted by Gasteiger charge is 2.18. The summed E-state index contributed by atoms with van der Waals surface area (Å²) in [7, 11) is 0. The van der Waals surface area contributed by atoms with Crippen LogP contribution in [0.1, 0.15) is 21.6 Å². The Hall–Kier alpha value is -1.60. The van der Waals surface area contributed by atoms with Crippen LogP contribution < -0.4 is 10.1 Å². The second-order valence-corrected chi connectivity index (χ2v) is 6.11. The smallest absolute Gasteiger partial charge is 0.357 e. The van der Waals surface area contributed by atoms with Gasteiger partial charge in [-0.3, -0.25) is 0 Å². The molecule has 7 heteroatoms. The van der Waals surface area contributed by atoms with Crippen molar-refractivity contribution in [2.24, 2.45) is 0 Å². The van der Waals surface area contributed by atoms with Crippen LogP contribution in [-0.4, -0.2) is 22.7 Å². The normalized spacial score (nSPS) is 12.8. The van der Waals surface area contributed by atoms with E-state index in [9.17, 15) is 4.79 Å². The molecule has 2 aromatic rings. The van der Waals surface area contributed by atoms with E-state index in [1.54, 1.807) is 0 Å². The predicted octanol–water partition coefficient (Wildman–Crippen LogP) is 3.15. The molecule has 0 radical (unpaired) electrons. The van der Waals surface area contributed by atoms with Crippen molar-refractivity contribution in [3.63, 3.8) is 0 Å². The van der Waals surface area contributed by atoms with Crippen molar-refractivity contribution in [1.29, 1.82) is 0 Å². The third kappa shape index (κ3) is 2.51. The molecule has 0 saturated carbocycles. The Bertz CT molecular complexity index is 672. The third-order valence-corrected chi connectivity index (χ3v) is 4.28. The molecule has 1 aliphatic rings. The van der Waals surface area contributed by atoms with Gasteiger partial charge in [-0.15, -0.1) is 11.3 Å². The molecule has 0 atom stereocenters. The Morgan fingerprint density at radius 3 is 3.20 bits per heavy atom. The number of hydrogen-bond donors (Lipinski definition) is 2. The monoisotopic (exact) mass is 354 g/mol. The van der Waals surface area contributed by atoms with E-state index in [1.165, 1.54) is 22.4 Å². The van der Waals surface area contributed by atoms with Crippen LogP contribution in [0.4, 0.5) is 5.00 Å². The topological polar surface area (TPSA) is 71.5 Å². The average molecular weight is 355 g/mol. The standard InChI is InChI=1S/C13H11BrN2O3S/c14-9-3-7-1-2-19-11(7)8(4-9)5-15-12-10(13(17)18)16-6-20-12/h3-4,6,15H,1-2,5H2,(H,17,18). The van der Waals surface area contributed by atoms with Crippen molar-refractivity contribution in [3.8, 4) is 5.75 Å². The van der Waals surface area contributed by atoms with Gasteiger partial charge >= 0.3 is 5.97 Å². The quantitative estimate of drug-likeness (QED) is 0.882. The fourth-order valence-corrected chi connectivity index (χ4v) is 3.40. The number of hydrogen-bond acceptors (Lipinski definition) is 5. The maximum atomic E-state index is 11.0. The molecule has 104 valence electrons. The summed E-state index contributed by atoms with van der Waals surface area (Å²) >= 11 is 4.76. The Morgan fingerprint density at radius 1 is 1.55 bits per heavy atom. The van der Waals surface area contributed by atoms with Crippen LogP contribution in [-0.2, 0) is 13.0 Å². The Labute approximate surface area is 127 Å². The highest BCUT2D eigenvalue weighted by Crippen LogP contribution is 2.33. The molecule has 0 saturated heterocycles. The summed E-state index contributed by atoms with van der Waals surface area (Å²) in [5, 5.41) is 12.7. The zero-order chi connectivity index (χ0) is 14.1. The number of benzene rings is 1. The lowest BCUT2D eigenvalue weighted by atomic mass is 10.1. The van der Waals surface area contributed by atoms with Crippen LogP contribution in [0.25, 0.3) is 0 Å². The van der Waals surface area contributed by atoms with Crippen LogP contribution >= 0.6 is 27.3 Å². The number of rotatable bonds is 4. The van der Waals surface area contributed by atoms with Crippen molar-refractivity contribution < 1.29 is 14.6 Å². The second kappa shape index (κ2) is 5.41. The third-order valence-electron chi connectivity index (χ3n) is 3.03. The van der Waals surface area contributed by atoms with E-state index < -0.39 is 5.97 Å². The molecule has 0 fully saturated rings. The van der Waals surface area contributed by atoms with Gasteiger partial charge in [0.1, 0.15) is 10.8 Å². The minimum absolute atomic E-state index is 0.0579. The van der Waals surface area contributed by atoms with Gasteiger partial charge in [-0.2, -0.15) is 0 Å². The number of halogens is 1. The summed E-state index contributed by atoms with van der Waals surface area (Å²) in [5.41, 5.74) is 3.77. The van der Waals surface area contributed by atoms with Crippen molar-refractivity contribution in [3.05, 3.63) is 38.9 Å². The van der Waals surface area contributed by atoms with Gasteiger partial charge in [-0.25, -0.2) is 9.78 Å². The van der Waals surface area contributed by atoms with E-state index in [4.69, 9.17) is 9.84 Å². The number of aromatic nitrogens is 1. The molecule has 1 aromatic heterocycles. The van der Waals surface area contributed by atoms with Gasteiger partial charge in [0, 0.05) is 23.0 Å². The van der Waals surface area contributed by atoms with Crippen LogP contribution in [0.2, 0.25) is 0 Å². The van der Waals surface area contributed by atoms with E-state index in [2.05, 4.69) is 32.3 Å². The Balaban J connectivity index is 1.82. The minimum atomic E-state index is -1.02. The fourth-order valence-electron chi connectivity index (χ4n) is 2.18. The molecule has 0 aliphatic carbocycles. The number of carbonyl (C=O) groups is 1. The van der Waals surface area contributed by atoms with E-state index >= 15 is 0 Å². The number of carboxylic acid groups (broad SMARTS) is 1. The van der Waals surface area contributed by atoms with Gasteiger partial charge in [0.2, 0.25) is 0 Å². The minimum Gasteiger partial charge on any atom is -0.493 e. The number of carboxylic acids is 1. The summed E-state index contributed by atoms with van der Waals surface area (Å²) in [6.07, 6.45) is 0.905. The van der Waals surface area contributed by atoms with Gasteiger partial charge in [0.05, 0.1) is 12.1 Å². The highest BCUT2D eigenvalue weighted by atomic mass is 79.9. The number of aromatic carboxylic acids is 1. The first kappa shape index (κ1) is 13.4. The van der Waals surface area contributed by atoms with Crippen molar-refractivity contribution in [2.75, 3.05) is 11.9 Å². The molecule has 0 amide bonds. The maximum Gasteiger partial charge on any atom is 0.357 e. The summed E-state index contributed by atoms with van der Waals surface area (Å²) < 4.78 is 6.64. The van der Waals surface area contributed by atoms with Crippen molar-refractivity contribution in [2.45, 2.75) is 13.0 Å². The molecule has 1 aliphatic heterocycles. The first-order chi connectivity index (χ1) is 9.65. The number of thiazole rings is 1. The second-order valence-electron chi connectivity index (χ2n) is 4.34. The lowest BCUT2D eigenvalue weighted by Gasteiger charge is -2.10. The summed E-state index contributed by atoms with van der Waals surface area (Å²) in [6.45, 7) is 1.20. The fraction of sp³-hybridized carbons (Fsp3) is 0.231. The van der Waals surface area contributed by atoms with Crippen molar-refractivity contribution >= 4 is 38.2 Å². The maximum absolute atomic E-state index is 11.0. The largest absolute Gasteiger partial charge is 0.493 e. The van der Waals surface area contributed by atoms with Crippen LogP contribution in [0.5, 0.6) is 5.75 Å². The highest BCUT2D eigenvalue weighted by molar-refractivity contribution is 9.10. The molecule has 0 spiro atoms. The molecule has 0 bridgehead atoms. The summed E-state index contributed by atoms with van der Waals surface area (Å²) in [6, 6.07) is 4.04. The molecule has 0 unspecified atom stereocenters. The molecule has 3 rings (SSSR count). The van der Waals surface area contributed by atoms with E-state index in [-0.39, 0.29) is 5.69 Å². The first-order valence-corrected chi connectivity index (χ1v) is 7.67. The molecular weight excluding hydrogens is 344 g/mol. The van der Waals surface area contributed by atoms with E-state index in [0.717, 1.165) is 22.2 Å². The Morgan fingerprint density at radius 2 is 2.40 bits per heavy atom. The van der Waals surface area contributed by atoms with Gasteiger partial charge in [-0.1, -0.05) is 15.9 Å². The van der Waals surface area contributed by atoms with Crippen LogP contribution in [0, 0.1) is 0 Å². The SMILES string of the molecule is O=C(O)c1ncsc1NCc1cc(Br)cc2c1OCC2. The molecule has 2 N–H and O–H groups in total. The summed E-state index contributed by atoms with van der Waals surface area (Å²) in [4.78, 5) is 14.8. The number of ether oxygens (including phenoxy) is 1.